The van der Waals surface area contributed by atoms with E-state index in [2.05, 4.69) is 11.4 Å². The summed E-state index contributed by atoms with van der Waals surface area (Å²) in [5.74, 6) is 1.05. The van der Waals surface area contributed by atoms with E-state index in [0.29, 0.717) is 5.56 Å². The molecule has 1 fully saturated rings. The van der Waals surface area contributed by atoms with Crippen LogP contribution >= 0.6 is 11.3 Å². The lowest BCUT2D eigenvalue weighted by Crippen LogP contribution is -2.14. The first-order valence-electron chi connectivity index (χ1n) is 8.17. The highest BCUT2D eigenvalue weighted by molar-refractivity contribution is 7.16. The van der Waals surface area contributed by atoms with E-state index in [1.165, 1.54) is 23.3 Å². The number of fused-ring (bicyclic) bond motifs is 1. The Hall–Kier alpha value is -2.06. The molecule has 2 heterocycles. The van der Waals surface area contributed by atoms with E-state index in [1.54, 1.807) is 17.6 Å². The molecule has 2 unspecified atom stereocenters. The van der Waals surface area contributed by atoms with Gasteiger partial charge in [0.05, 0.1) is 11.8 Å². The number of carbonyl (C=O) groups is 1. The quantitative estimate of drug-likeness (QED) is 0.859. The van der Waals surface area contributed by atoms with E-state index in [1.807, 2.05) is 12.1 Å². The molecule has 2 aliphatic carbocycles. The summed E-state index contributed by atoms with van der Waals surface area (Å²) in [4.78, 5) is 13.8. The fourth-order valence-electron chi connectivity index (χ4n) is 3.46. The number of rotatable bonds is 3. The molecule has 0 bridgehead atoms. The minimum atomic E-state index is -0.0328. The van der Waals surface area contributed by atoms with Crippen molar-refractivity contribution in [3.05, 3.63) is 40.2 Å². The van der Waals surface area contributed by atoms with Crippen LogP contribution in [0, 0.1) is 17.2 Å². The van der Waals surface area contributed by atoms with Gasteiger partial charge in [0.25, 0.3) is 0 Å². The van der Waals surface area contributed by atoms with Crippen molar-refractivity contribution in [3.63, 3.8) is 0 Å². The summed E-state index contributed by atoms with van der Waals surface area (Å²) < 4.78 is 5.38. The number of amides is 1. The normalized spacial score (nSPS) is 22.7. The number of carbonyl (C=O) groups excluding carboxylic acids is 1. The number of aryl methyl sites for hydroxylation is 1. The highest BCUT2D eigenvalue weighted by atomic mass is 32.1. The molecule has 2 aromatic rings. The van der Waals surface area contributed by atoms with Crippen molar-refractivity contribution >= 4 is 22.2 Å². The predicted octanol–water partition coefficient (Wildman–Crippen LogP) is 4.22. The topological polar surface area (TPSA) is 66.0 Å². The van der Waals surface area contributed by atoms with Crippen LogP contribution in [0.4, 0.5) is 5.00 Å². The molecule has 2 aromatic heterocycles. The third kappa shape index (κ3) is 2.68. The molecular weight excluding hydrogens is 308 g/mol. The summed E-state index contributed by atoms with van der Waals surface area (Å²) in [6, 6.07) is 6.09. The van der Waals surface area contributed by atoms with Gasteiger partial charge in [-0.25, -0.2) is 0 Å². The molecule has 1 amide bonds. The first-order valence-corrected chi connectivity index (χ1v) is 8.98. The van der Waals surface area contributed by atoms with Gasteiger partial charge in [-0.3, -0.25) is 4.79 Å². The zero-order valence-electron chi connectivity index (χ0n) is 12.8. The zero-order chi connectivity index (χ0) is 15.8. The van der Waals surface area contributed by atoms with E-state index in [4.69, 9.17) is 4.42 Å². The SMILES string of the molecule is N#Cc1c(NC(=O)C2CC2c2ccco2)sc2c1CCCCC2. The number of nitrogens with zero attached hydrogens (tertiary/aromatic N) is 1. The molecule has 4 nitrogen and oxygen atoms in total. The average Bonchev–Trinajstić information content (AvgIpc) is 3.13. The highest BCUT2D eigenvalue weighted by Crippen LogP contribution is 2.48. The van der Waals surface area contributed by atoms with Gasteiger partial charge < -0.3 is 9.73 Å². The minimum absolute atomic E-state index is 0.0132. The van der Waals surface area contributed by atoms with Crippen LogP contribution in [0.2, 0.25) is 0 Å². The standard InChI is InChI=1S/C18H18N2O2S/c19-10-14-11-5-2-1-3-7-16(11)23-18(14)20-17(21)13-9-12(13)15-6-4-8-22-15/h4,6,8,12-13H,1-3,5,7,9H2,(H,20,21). The Morgan fingerprint density at radius 2 is 2.22 bits per heavy atom. The number of hydrogen-bond donors (Lipinski definition) is 1. The molecule has 0 saturated heterocycles. The van der Waals surface area contributed by atoms with Crippen LogP contribution in [0.3, 0.4) is 0 Å². The summed E-state index contributed by atoms with van der Waals surface area (Å²) in [6.07, 6.45) is 8.00. The molecule has 23 heavy (non-hydrogen) atoms. The molecule has 0 aromatic carbocycles. The summed E-state index contributed by atoms with van der Waals surface area (Å²) in [7, 11) is 0. The highest BCUT2D eigenvalue weighted by Gasteiger charge is 2.46. The Labute approximate surface area is 139 Å². The Balaban J connectivity index is 1.51. The Kier molecular flexibility index (Phi) is 3.70. The predicted molar refractivity (Wildman–Crippen MR) is 88.5 cm³/mol. The second kappa shape index (κ2) is 5.86. The molecule has 4 rings (SSSR count). The first-order chi connectivity index (χ1) is 11.3. The van der Waals surface area contributed by atoms with Crippen LogP contribution in [0.25, 0.3) is 0 Å². The molecule has 118 valence electrons. The number of hydrogen-bond acceptors (Lipinski definition) is 4. The Morgan fingerprint density at radius 3 is 3.00 bits per heavy atom. The van der Waals surface area contributed by atoms with Crippen molar-refractivity contribution in [3.8, 4) is 6.07 Å². The van der Waals surface area contributed by atoms with Gasteiger partial charge in [0.1, 0.15) is 16.8 Å². The molecule has 1 N–H and O–H groups in total. The molecule has 0 spiro atoms. The molecule has 5 heteroatoms. The molecule has 0 radical (unpaired) electrons. The smallest absolute Gasteiger partial charge is 0.228 e. The van der Waals surface area contributed by atoms with E-state index in [9.17, 15) is 10.1 Å². The van der Waals surface area contributed by atoms with Gasteiger partial charge in [-0.05, 0) is 49.8 Å². The van der Waals surface area contributed by atoms with Gasteiger partial charge in [0, 0.05) is 16.7 Å². The van der Waals surface area contributed by atoms with Crippen molar-refractivity contribution in [2.24, 2.45) is 5.92 Å². The number of furan rings is 1. The summed E-state index contributed by atoms with van der Waals surface area (Å²) in [5, 5.41) is 13.3. The average molecular weight is 326 g/mol. The number of nitriles is 1. The van der Waals surface area contributed by atoms with Crippen molar-refractivity contribution in [2.75, 3.05) is 5.32 Å². The maximum atomic E-state index is 12.5. The van der Waals surface area contributed by atoms with Crippen LogP contribution < -0.4 is 5.32 Å². The van der Waals surface area contributed by atoms with E-state index < -0.39 is 0 Å². The van der Waals surface area contributed by atoms with E-state index in [0.717, 1.165) is 36.4 Å². The van der Waals surface area contributed by atoms with Crippen LogP contribution in [-0.4, -0.2) is 5.91 Å². The van der Waals surface area contributed by atoms with Crippen molar-refractivity contribution in [1.82, 2.24) is 0 Å². The van der Waals surface area contributed by atoms with Crippen LogP contribution in [0.5, 0.6) is 0 Å². The van der Waals surface area contributed by atoms with E-state index >= 15 is 0 Å². The lowest BCUT2D eigenvalue weighted by atomic mass is 10.1. The van der Waals surface area contributed by atoms with Crippen molar-refractivity contribution in [1.29, 1.82) is 5.26 Å². The molecule has 2 aliphatic rings. The molecule has 2 atom stereocenters. The van der Waals surface area contributed by atoms with Gasteiger partial charge in [-0.2, -0.15) is 5.26 Å². The third-order valence-electron chi connectivity index (χ3n) is 4.81. The van der Waals surface area contributed by atoms with Gasteiger partial charge in [-0.1, -0.05) is 6.42 Å². The fraction of sp³-hybridized carbons (Fsp3) is 0.444. The van der Waals surface area contributed by atoms with Crippen molar-refractivity contribution < 1.29 is 9.21 Å². The van der Waals surface area contributed by atoms with Crippen LogP contribution in [-0.2, 0) is 17.6 Å². The zero-order valence-corrected chi connectivity index (χ0v) is 13.6. The van der Waals surface area contributed by atoms with Crippen LogP contribution in [0.15, 0.2) is 22.8 Å². The molecule has 1 saturated carbocycles. The number of nitrogens with one attached hydrogen (secondary N) is 1. The van der Waals surface area contributed by atoms with E-state index in [-0.39, 0.29) is 17.7 Å². The second-order valence-corrected chi connectivity index (χ2v) is 7.44. The fourth-order valence-corrected chi connectivity index (χ4v) is 4.70. The summed E-state index contributed by atoms with van der Waals surface area (Å²) in [6.45, 7) is 0. The minimum Gasteiger partial charge on any atom is -0.469 e. The number of thiophene rings is 1. The van der Waals surface area contributed by atoms with Crippen molar-refractivity contribution in [2.45, 2.75) is 44.4 Å². The molecule has 0 aliphatic heterocycles. The first kappa shape index (κ1) is 14.5. The largest absolute Gasteiger partial charge is 0.469 e. The lowest BCUT2D eigenvalue weighted by molar-refractivity contribution is -0.117. The monoisotopic (exact) mass is 326 g/mol. The lowest BCUT2D eigenvalue weighted by Gasteiger charge is -2.03. The maximum Gasteiger partial charge on any atom is 0.228 e. The Morgan fingerprint density at radius 1 is 1.35 bits per heavy atom. The summed E-state index contributed by atoms with van der Waals surface area (Å²) >= 11 is 1.59. The van der Waals surface area contributed by atoms with Crippen LogP contribution in [0.1, 0.15) is 53.4 Å². The second-order valence-electron chi connectivity index (χ2n) is 6.33. The number of anilines is 1. The Bertz CT molecular complexity index is 770. The van der Waals surface area contributed by atoms with Gasteiger partial charge >= 0.3 is 0 Å². The van der Waals surface area contributed by atoms with Gasteiger partial charge in [0.2, 0.25) is 5.91 Å². The summed E-state index contributed by atoms with van der Waals surface area (Å²) in [5.41, 5.74) is 1.86. The van der Waals surface area contributed by atoms with Gasteiger partial charge in [0.15, 0.2) is 0 Å². The van der Waals surface area contributed by atoms with Gasteiger partial charge in [-0.15, -0.1) is 11.3 Å². The molecular formula is C18H18N2O2S. The maximum absolute atomic E-state index is 12.5. The third-order valence-corrected chi connectivity index (χ3v) is 6.01.